The number of rotatable bonds is 27. The number of amides is 5. The molecule has 0 unspecified atom stereocenters. The van der Waals surface area contributed by atoms with E-state index in [1.54, 1.807) is 6.92 Å². The molecule has 0 saturated heterocycles. The zero-order chi connectivity index (χ0) is 40.8. The van der Waals surface area contributed by atoms with Gasteiger partial charge in [0.1, 0.15) is 32.0 Å². The minimum Gasteiger partial charge on any atom is -0.468 e. The van der Waals surface area contributed by atoms with E-state index in [9.17, 15) is 52.7 Å². The fourth-order valence-electron chi connectivity index (χ4n) is 3.74. The van der Waals surface area contributed by atoms with Gasteiger partial charge in [-0.3, -0.25) is 52.7 Å². The lowest BCUT2D eigenvalue weighted by Gasteiger charge is -2.22. The van der Waals surface area contributed by atoms with Gasteiger partial charge in [0.05, 0.1) is 46.9 Å². The predicted octanol–water partition coefficient (Wildman–Crippen LogP) is -2.76. The molecule has 4 N–H and O–H groups in total. The zero-order valence-corrected chi connectivity index (χ0v) is 31.4. The van der Waals surface area contributed by atoms with Gasteiger partial charge < -0.3 is 45.3 Å². The second-order valence-corrected chi connectivity index (χ2v) is 11.4. The number of carbonyl (C=O) groups excluding carboxylic acids is 11. The molecule has 0 aliphatic carbocycles. The van der Waals surface area contributed by atoms with Crippen LogP contribution in [-0.2, 0) is 67.0 Å². The number of nitrogens with zero attached hydrogens (tertiary/aromatic N) is 2. The molecule has 0 saturated carbocycles. The maximum Gasteiger partial charge on any atom is 0.325 e. The molecule has 300 valence electrons. The van der Waals surface area contributed by atoms with Crippen LogP contribution in [0.1, 0.15) is 59.3 Å². The SMILES string of the molecule is CCCC(=O)NCC(=O)N(CC(=O)NCCC(=O)CN(CC(=O)OC)C(=O)CCC(=O)CNC(=O)CC(C)=O)CC(=O)OC.CNCCOCC(C)=O. The molecule has 53 heavy (non-hydrogen) atoms. The lowest BCUT2D eigenvalue weighted by molar-refractivity contribution is -0.148. The molecule has 0 bridgehead atoms. The molecule has 20 heteroatoms. The summed E-state index contributed by atoms with van der Waals surface area (Å²) in [6.07, 6.45) is -0.565. The van der Waals surface area contributed by atoms with E-state index in [1.807, 2.05) is 7.05 Å². The van der Waals surface area contributed by atoms with Crippen LogP contribution in [0.15, 0.2) is 0 Å². The Bertz CT molecular complexity index is 1270. The number of hydrogen-bond donors (Lipinski definition) is 4. The Labute approximate surface area is 308 Å². The zero-order valence-electron chi connectivity index (χ0n) is 31.4. The van der Waals surface area contributed by atoms with Gasteiger partial charge >= 0.3 is 11.9 Å². The number of carbonyl (C=O) groups is 11. The van der Waals surface area contributed by atoms with E-state index in [-0.39, 0.29) is 62.7 Å². The number of esters is 2. The van der Waals surface area contributed by atoms with Gasteiger partial charge in [-0.25, -0.2) is 0 Å². The highest BCUT2D eigenvalue weighted by Gasteiger charge is 2.23. The molecular formula is C33H54N6O14. The van der Waals surface area contributed by atoms with E-state index in [1.165, 1.54) is 13.8 Å². The first-order chi connectivity index (χ1) is 25.0. The van der Waals surface area contributed by atoms with Crippen molar-refractivity contribution in [1.29, 1.82) is 0 Å². The second-order valence-electron chi connectivity index (χ2n) is 11.4. The first kappa shape index (κ1) is 50.0. The van der Waals surface area contributed by atoms with E-state index in [2.05, 4.69) is 30.7 Å². The van der Waals surface area contributed by atoms with Gasteiger partial charge in [0.15, 0.2) is 17.3 Å². The highest BCUT2D eigenvalue weighted by Crippen LogP contribution is 2.02. The lowest BCUT2D eigenvalue weighted by atomic mass is 10.1. The molecule has 0 fully saturated rings. The molecule has 0 atom stereocenters. The number of ketones is 4. The minimum absolute atomic E-state index is 0.0751. The lowest BCUT2D eigenvalue weighted by Crippen LogP contribution is -2.47. The molecule has 0 aliphatic rings. The van der Waals surface area contributed by atoms with Gasteiger partial charge in [-0.05, 0) is 27.3 Å². The van der Waals surface area contributed by atoms with Crippen molar-refractivity contribution in [3.63, 3.8) is 0 Å². The molecule has 20 nitrogen and oxygen atoms in total. The molecule has 0 heterocycles. The molecule has 0 aromatic carbocycles. The summed E-state index contributed by atoms with van der Waals surface area (Å²) in [6.45, 7) is 2.89. The normalized spacial score (nSPS) is 10.0. The Balaban J connectivity index is 0. The highest BCUT2D eigenvalue weighted by molar-refractivity contribution is 5.98. The minimum atomic E-state index is -0.816. The number of methoxy groups -OCH3 is 2. The summed E-state index contributed by atoms with van der Waals surface area (Å²) in [5.41, 5.74) is 0. The second kappa shape index (κ2) is 30.5. The fourth-order valence-corrected chi connectivity index (χ4v) is 3.74. The summed E-state index contributed by atoms with van der Waals surface area (Å²) in [7, 11) is 4.03. The van der Waals surface area contributed by atoms with Crippen LogP contribution >= 0.6 is 0 Å². The van der Waals surface area contributed by atoms with E-state index in [0.29, 0.717) is 13.0 Å². The summed E-state index contributed by atoms with van der Waals surface area (Å²) in [5.74, 6) is -6.12. The molecule has 0 rings (SSSR count). The monoisotopic (exact) mass is 758 g/mol. The van der Waals surface area contributed by atoms with Crippen molar-refractivity contribution >= 4 is 64.6 Å². The van der Waals surface area contributed by atoms with Crippen LogP contribution in [0.25, 0.3) is 0 Å². The third-order valence-electron chi connectivity index (χ3n) is 6.45. The van der Waals surface area contributed by atoms with E-state index in [4.69, 9.17) is 4.74 Å². The molecule has 0 aromatic rings. The predicted molar refractivity (Wildman–Crippen MR) is 186 cm³/mol. The quantitative estimate of drug-likeness (QED) is 0.0375. The van der Waals surface area contributed by atoms with Crippen LogP contribution in [-0.4, -0.2) is 161 Å². The average Bonchev–Trinajstić information content (AvgIpc) is 3.09. The molecule has 0 radical (unpaired) electrons. The fraction of sp³-hybridized carbons (Fsp3) is 0.667. The summed E-state index contributed by atoms with van der Waals surface area (Å²) < 4.78 is 14.0. The Hall–Kier alpha value is -5.11. The highest BCUT2D eigenvalue weighted by atomic mass is 16.5. The van der Waals surface area contributed by atoms with Crippen LogP contribution in [0, 0.1) is 0 Å². The van der Waals surface area contributed by atoms with Gasteiger partial charge in [0.25, 0.3) is 0 Å². The molecule has 0 aromatic heterocycles. The van der Waals surface area contributed by atoms with Crippen LogP contribution < -0.4 is 21.3 Å². The number of likely N-dealkylation sites (N-methyl/N-ethyl adjacent to an activating group) is 1. The standard InChI is InChI=1S/C27H41N5O12.C6H13NO2/c1-5-6-21(36)30-13-25(40)32(17-27(42)44-4)15-23(38)28-10-9-20(35)14-31(16-26(41)43-3)24(39)8-7-19(34)12-29-22(37)11-18(2)33;1-6(8)5-9-4-3-7-2/h5-17H2,1-4H3,(H,28,38)(H,29,37)(H,30,36);7H,3-5H2,1-2H3. The van der Waals surface area contributed by atoms with E-state index >= 15 is 0 Å². The van der Waals surface area contributed by atoms with Gasteiger partial charge in [-0.2, -0.15) is 0 Å². The van der Waals surface area contributed by atoms with Gasteiger partial charge in [0, 0.05) is 38.8 Å². The average molecular weight is 759 g/mol. The van der Waals surface area contributed by atoms with E-state index < -0.39 is 86.4 Å². The van der Waals surface area contributed by atoms with Crippen molar-refractivity contribution in [2.75, 3.05) is 86.8 Å². The summed E-state index contributed by atoms with van der Waals surface area (Å²) in [5, 5.41) is 9.97. The van der Waals surface area contributed by atoms with Crippen molar-refractivity contribution in [1.82, 2.24) is 31.1 Å². The maximum atomic E-state index is 12.6. The third-order valence-corrected chi connectivity index (χ3v) is 6.45. The van der Waals surface area contributed by atoms with Gasteiger partial charge in [-0.1, -0.05) is 6.92 Å². The van der Waals surface area contributed by atoms with Crippen LogP contribution in [0.2, 0.25) is 0 Å². The maximum absolute atomic E-state index is 12.6. The number of Topliss-reactive ketones (excluding diaryl/α,β-unsaturated/α-hetero) is 4. The summed E-state index contributed by atoms with van der Waals surface area (Å²) in [4.78, 5) is 132. The molecule has 0 spiro atoms. The van der Waals surface area contributed by atoms with Gasteiger partial charge in [-0.15, -0.1) is 0 Å². The van der Waals surface area contributed by atoms with Crippen LogP contribution in [0.5, 0.6) is 0 Å². The Morgan fingerprint density at radius 3 is 1.68 bits per heavy atom. The molecular weight excluding hydrogens is 704 g/mol. The largest absolute Gasteiger partial charge is 0.468 e. The van der Waals surface area contributed by atoms with Crippen molar-refractivity contribution in [3.8, 4) is 0 Å². The molecule has 5 amide bonds. The molecule has 0 aliphatic heterocycles. The smallest absolute Gasteiger partial charge is 0.325 e. The summed E-state index contributed by atoms with van der Waals surface area (Å²) >= 11 is 0. The Morgan fingerprint density at radius 1 is 0.566 bits per heavy atom. The Kier molecular flexibility index (Phi) is 28.8. The Morgan fingerprint density at radius 2 is 1.15 bits per heavy atom. The van der Waals surface area contributed by atoms with Crippen molar-refractivity contribution in [2.45, 2.75) is 59.3 Å². The van der Waals surface area contributed by atoms with Crippen LogP contribution in [0.3, 0.4) is 0 Å². The number of hydrogen-bond acceptors (Lipinski definition) is 15. The third kappa shape index (κ3) is 29.2. The topological polar surface area (TPSA) is 270 Å². The van der Waals surface area contributed by atoms with Gasteiger partial charge in [0.2, 0.25) is 29.5 Å². The number of ether oxygens (including phenoxy) is 3. The first-order valence-electron chi connectivity index (χ1n) is 16.7. The van der Waals surface area contributed by atoms with Crippen molar-refractivity contribution in [2.24, 2.45) is 0 Å². The van der Waals surface area contributed by atoms with E-state index in [0.717, 1.165) is 30.6 Å². The summed E-state index contributed by atoms with van der Waals surface area (Å²) in [6, 6.07) is 0. The first-order valence-corrected chi connectivity index (χ1v) is 16.7. The van der Waals surface area contributed by atoms with Crippen LogP contribution in [0.4, 0.5) is 0 Å². The number of nitrogens with one attached hydrogen (secondary N) is 4. The van der Waals surface area contributed by atoms with Crippen molar-refractivity contribution in [3.05, 3.63) is 0 Å². The van der Waals surface area contributed by atoms with Crippen molar-refractivity contribution < 1.29 is 67.0 Å².